The van der Waals surface area contributed by atoms with Crippen molar-refractivity contribution in [3.05, 3.63) is 71.9 Å². The van der Waals surface area contributed by atoms with Crippen molar-refractivity contribution in [1.82, 2.24) is 15.0 Å². The summed E-state index contributed by atoms with van der Waals surface area (Å²) in [4.78, 5) is 25.4. The molecule has 0 aliphatic rings. The number of pyridine rings is 1. The first-order valence-corrected chi connectivity index (χ1v) is 11.0. The summed E-state index contributed by atoms with van der Waals surface area (Å²) in [6.07, 6.45) is 10.3. The molecule has 1 atom stereocenters. The molecule has 0 bridgehead atoms. The van der Waals surface area contributed by atoms with Gasteiger partial charge in [-0.2, -0.15) is 0 Å². The molecule has 5 nitrogen and oxygen atoms in total. The van der Waals surface area contributed by atoms with Crippen molar-refractivity contribution in [2.75, 3.05) is 7.11 Å². The van der Waals surface area contributed by atoms with Gasteiger partial charge in [0.05, 0.1) is 12.8 Å². The number of benzene rings is 1. The van der Waals surface area contributed by atoms with Gasteiger partial charge in [-0.25, -0.2) is 9.97 Å². The van der Waals surface area contributed by atoms with E-state index in [0.717, 1.165) is 53.9 Å². The van der Waals surface area contributed by atoms with Gasteiger partial charge in [-0.15, -0.1) is 0 Å². The molecular formula is C26H31N3O2. The van der Waals surface area contributed by atoms with Gasteiger partial charge >= 0.3 is 0 Å². The molecule has 0 saturated heterocycles. The van der Waals surface area contributed by atoms with Crippen LogP contribution in [0.25, 0.3) is 11.3 Å². The smallest absolute Gasteiger partial charge is 0.137 e. The second kappa shape index (κ2) is 11.3. The van der Waals surface area contributed by atoms with Gasteiger partial charge in [0, 0.05) is 42.1 Å². The summed E-state index contributed by atoms with van der Waals surface area (Å²) >= 11 is 0. The molecule has 0 amide bonds. The standard InChI is InChI=1S/C26H31N3O2/c1-4-7-19(22-9-6-12-27-17-22)13-23-16-25(29-18-28-23)20-10-11-21(26(15-20)31-3)14-24(30)8-5-2/h6,9-12,15-19H,4-5,7-8,13-14H2,1-3H3/t19-/m1/s1. The molecule has 0 N–H and O–H groups in total. The highest BCUT2D eigenvalue weighted by Crippen LogP contribution is 2.29. The lowest BCUT2D eigenvalue weighted by molar-refractivity contribution is -0.118. The van der Waals surface area contributed by atoms with Gasteiger partial charge in [-0.3, -0.25) is 9.78 Å². The van der Waals surface area contributed by atoms with Gasteiger partial charge in [-0.1, -0.05) is 38.5 Å². The van der Waals surface area contributed by atoms with Crippen molar-refractivity contribution in [3.63, 3.8) is 0 Å². The number of hydrogen-bond donors (Lipinski definition) is 0. The first-order chi connectivity index (χ1) is 15.1. The summed E-state index contributed by atoms with van der Waals surface area (Å²) in [5, 5.41) is 0. The van der Waals surface area contributed by atoms with E-state index in [1.165, 1.54) is 5.56 Å². The maximum atomic E-state index is 12.1. The van der Waals surface area contributed by atoms with Crippen LogP contribution in [-0.4, -0.2) is 27.8 Å². The van der Waals surface area contributed by atoms with Crippen LogP contribution in [0.15, 0.2) is 55.1 Å². The summed E-state index contributed by atoms with van der Waals surface area (Å²) in [5.74, 6) is 1.33. The summed E-state index contributed by atoms with van der Waals surface area (Å²) in [7, 11) is 1.64. The zero-order valence-electron chi connectivity index (χ0n) is 18.7. The van der Waals surface area contributed by atoms with Crippen LogP contribution in [0.4, 0.5) is 0 Å². The van der Waals surface area contributed by atoms with Crippen molar-refractivity contribution in [1.29, 1.82) is 0 Å². The van der Waals surface area contributed by atoms with Crippen LogP contribution in [0, 0.1) is 0 Å². The molecule has 0 aliphatic heterocycles. The minimum Gasteiger partial charge on any atom is -0.496 e. The lowest BCUT2D eigenvalue weighted by atomic mass is 9.91. The normalized spacial score (nSPS) is 11.8. The van der Waals surface area contributed by atoms with E-state index in [1.807, 2.05) is 43.6 Å². The second-order valence-electron chi connectivity index (χ2n) is 7.86. The summed E-state index contributed by atoms with van der Waals surface area (Å²) in [6, 6.07) is 12.1. The molecular weight excluding hydrogens is 386 g/mol. The Balaban J connectivity index is 1.82. The molecule has 3 rings (SSSR count). The van der Waals surface area contributed by atoms with Gasteiger partial charge in [0.1, 0.15) is 17.9 Å². The molecule has 2 aromatic heterocycles. The Morgan fingerprint density at radius 2 is 1.97 bits per heavy atom. The van der Waals surface area contributed by atoms with Crippen molar-refractivity contribution in [2.24, 2.45) is 0 Å². The van der Waals surface area contributed by atoms with Crippen LogP contribution in [0.3, 0.4) is 0 Å². The number of carbonyl (C=O) groups is 1. The maximum absolute atomic E-state index is 12.1. The molecule has 0 saturated carbocycles. The van der Waals surface area contributed by atoms with Crippen LogP contribution < -0.4 is 4.74 Å². The Hall–Kier alpha value is -3.08. The van der Waals surface area contributed by atoms with E-state index < -0.39 is 0 Å². The number of ether oxygens (including phenoxy) is 1. The predicted octanol–water partition coefficient (Wildman–Crippen LogP) is 5.59. The van der Waals surface area contributed by atoms with E-state index in [0.29, 0.717) is 18.8 Å². The van der Waals surface area contributed by atoms with Crippen molar-refractivity contribution < 1.29 is 9.53 Å². The number of carbonyl (C=O) groups excluding carboxylic acids is 1. The third kappa shape index (κ3) is 6.20. The monoisotopic (exact) mass is 417 g/mol. The molecule has 5 heteroatoms. The maximum Gasteiger partial charge on any atom is 0.137 e. The van der Waals surface area contributed by atoms with E-state index in [2.05, 4.69) is 34.0 Å². The van der Waals surface area contributed by atoms with Crippen LogP contribution in [0.5, 0.6) is 5.75 Å². The number of Topliss-reactive ketones (excluding diaryl/α,β-unsaturated/α-hetero) is 1. The number of aromatic nitrogens is 3. The fourth-order valence-electron chi connectivity index (χ4n) is 3.90. The van der Waals surface area contributed by atoms with Crippen molar-refractivity contribution in [3.8, 4) is 17.0 Å². The highest BCUT2D eigenvalue weighted by Gasteiger charge is 2.15. The van der Waals surface area contributed by atoms with E-state index in [-0.39, 0.29) is 5.78 Å². The van der Waals surface area contributed by atoms with Crippen LogP contribution in [0.2, 0.25) is 0 Å². The van der Waals surface area contributed by atoms with E-state index in [4.69, 9.17) is 4.74 Å². The number of rotatable bonds is 11. The molecule has 0 spiro atoms. The van der Waals surface area contributed by atoms with Crippen molar-refractivity contribution in [2.45, 2.75) is 58.3 Å². The topological polar surface area (TPSA) is 65.0 Å². The Morgan fingerprint density at radius 3 is 2.68 bits per heavy atom. The predicted molar refractivity (Wildman–Crippen MR) is 123 cm³/mol. The van der Waals surface area contributed by atoms with Crippen molar-refractivity contribution >= 4 is 5.78 Å². The highest BCUT2D eigenvalue weighted by molar-refractivity contribution is 5.82. The minimum atomic E-state index is 0.232. The number of ketones is 1. The van der Waals surface area contributed by atoms with E-state index in [9.17, 15) is 4.79 Å². The SMILES string of the molecule is CCCC(=O)Cc1ccc(-c2cc(C[C@@H](CCC)c3cccnc3)ncn2)cc1OC. The molecule has 162 valence electrons. The minimum absolute atomic E-state index is 0.232. The molecule has 2 heterocycles. The lowest BCUT2D eigenvalue weighted by Crippen LogP contribution is -2.06. The van der Waals surface area contributed by atoms with E-state index in [1.54, 1.807) is 13.4 Å². The van der Waals surface area contributed by atoms with Crippen LogP contribution >= 0.6 is 0 Å². The fraction of sp³-hybridized carbons (Fsp3) is 0.385. The molecule has 0 fully saturated rings. The summed E-state index contributed by atoms with van der Waals surface area (Å²) < 4.78 is 5.57. The first kappa shape index (κ1) is 22.6. The van der Waals surface area contributed by atoms with Crippen LogP contribution in [-0.2, 0) is 17.6 Å². The van der Waals surface area contributed by atoms with Gasteiger partial charge in [0.2, 0.25) is 0 Å². The van der Waals surface area contributed by atoms with Gasteiger partial charge in [0.25, 0.3) is 0 Å². The van der Waals surface area contributed by atoms with Gasteiger partial charge < -0.3 is 4.74 Å². The Labute approximate surface area is 184 Å². The van der Waals surface area contributed by atoms with E-state index >= 15 is 0 Å². The highest BCUT2D eigenvalue weighted by atomic mass is 16.5. The largest absolute Gasteiger partial charge is 0.496 e. The Morgan fingerprint density at radius 1 is 1.10 bits per heavy atom. The summed E-state index contributed by atoms with van der Waals surface area (Å²) in [6.45, 7) is 4.22. The Kier molecular flexibility index (Phi) is 8.27. The molecule has 31 heavy (non-hydrogen) atoms. The average Bonchev–Trinajstić information content (AvgIpc) is 2.80. The van der Waals surface area contributed by atoms with Gasteiger partial charge in [-0.05, 0) is 48.9 Å². The zero-order valence-corrected chi connectivity index (χ0v) is 18.7. The molecule has 0 unspecified atom stereocenters. The Bertz CT molecular complexity index is 989. The first-order valence-electron chi connectivity index (χ1n) is 11.0. The summed E-state index contributed by atoms with van der Waals surface area (Å²) in [5.41, 5.74) is 4.98. The lowest BCUT2D eigenvalue weighted by Gasteiger charge is -2.16. The molecule has 1 aromatic carbocycles. The molecule has 3 aromatic rings. The molecule has 0 aliphatic carbocycles. The third-order valence-corrected chi connectivity index (χ3v) is 5.47. The number of hydrogen-bond acceptors (Lipinski definition) is 5. The van der Waals surface area contributed by atoms with Crippen LogP contribution in [0.1, 0.15) is 62.3 Å². The zero-order chi connectivity index (χ0) is 22.1. The fourth-order valence-corrected chi connectivity index (χ4v) is 3.90. The second-order valence-corrected chi connectivity index (χ2v) is 7.86. The quantitative estimate of drug-likeness (QED) is 0.407. The number of methoxy groups -OCH3 is 1. The van der Waals surface area contributed by atoms with Gasteiger partial charge in [0.15, 0.2) is 0 Å². The average molecular weight is 418 g/mol. The number of nitrogens with zero attached hydrogens (tertiary/aromatic N) is 3. The molecule has 0 radical (unpaired) electrons. The third-order valence-electron chi connectivity index (χ3n) is 5.47.